The Labute approximate surface area is 106 Å². The molecule has 1 heterocycles. The first-order valence-corrected chi connectivity index (χ1v) is 8.09. The van der Waals surface area contributed by atoms with E-state index in [1.807, 2.05) is 0 Å². The first-order valence-electron chi connectivity index (χ1n) is 5.72. The zero-order valence-corrected chi connectivity index (χ0v) is 11.5. The molecule has 1 aromatic heterocycles. The lowest BCUT2D eigenvalue weighted by atomic mass is 9.71. The molecular weight excluding hydrogens is 256 g/mol. The Kier molecular flexibility index (Phi) is 3.58. The lowest BCUT2D eigenvalue weighted by Gasteiger charge is -2.38. The maximum absolute atomic E-state index is 12.0. The lowest BCUT2D eigenvalue weighted by molar-refractivity contribution is 0.166. The van der Waals surface area contributed by atoms with Gasteiger partial charge in [0.15, 0.2) is 0 Å². The monoisotopic (exact) mass is 274 g/mol. The molecule has 1 aliphatic carbocycles. The molecule has 96 valence electrons. The summed E-state index contributed by atoms with van der Waals surface area (Å²) >= 11 is 1.23. The SMILES string of the molecule is CC1(CNS(=O)(=O)c2cc(CN)cs2)CCC1. The molecule has 17 heavy (non-hydrogen) atoms. The van der Waals surface area contributed by atoms with Gasteiger partial charge in [0.1, 0.15) is 4.21 Å². The number of hydrogen-bond acceptors (Lipinski definition) is 4. The number of rotatable bonds is 5. The summed E-state index contributed by atoms with van der Waals surface area (Å²) in [7, 11) is -3.35. The lowest BCUT2D eigenvalue weighted by Crippen LogP contribution is -2.39. The predicted molar refractivity (Wildman–Crippen MR) is 69.4 cm³/mol. The van der Waals surface area contributed by atoms with Crippen LogP contribution < -0.4 is 10.5 Å². The molecule has 0 saturated heterocycles. The normalized spacial score (nSPS) is 18.9. The third-order valence-corrected chi connectivity index (χ3v) is 6.27. The topological polar surface area (TPSA) is 72.2 Å². The number of thiophene rings is 1. The fourth-order valence-electron chi connectivity index (χ4n) is 1.90. The molecule has 6 heteroatoms. The largest absolute Gasteiger partial charge is 0.326 e. The molecule has 2 rings (SSSR count). The molecule has 0 spiro atoms. The minimum atomic E-state index is -3.35. The van der Waals surface area contributed by atoms with Gasteiger partial charge in [-0.05, 0) is 35.3 Å². The van der Waals surface area contributed by atoms with Gasteiger partial charge in [-0.15, -0.1) is 11.3 Å². The van der Waals surface area contributed by atoms with Crippen molar-refractivity contribution in [2.75, 3.05) is 6.54 Å². The molecular formula is C11H18N2O2S2. The predicted octanol–water partition coefficient (Wildman–Crippen LogP) is 1.68. The van der Waals surface area contributed by atoms with E-state index in [4.69, 9.17) is 5.73 Å². The molecule has 0 aliphatic heterocycles. The Morgan fingerprint density at radius 3 is 2.71 bits per heavy atom. The average molecular weight is 274 g/mol. The van der Waals surface area contributed by atoms with Crippen LogP contribution in [0.15, 0.2) is 15.7 Å². The van der Waals surface area contributed by atoms with Crippen molar-refractivity contribution in [2.45, 2.75) is 36.9 Å². The van der Waals surface area contributed by atoms with Crippen LogP contribution in [0.2, 0.25) is 0 Å². The summed E-state index contributed by atoms with van der Waals surface area (Å²) in [6.45, 7) is 3.04. The van der Waals surface area contributed by atoms with Gasteiger partial charge < -0.3 is 5.73 Å². The summed E-state index contributed by atoms with van der Waals surface area (Å²) in [5, 5.41) is 1.79. The van der Waals surface area contributed by atoms with Crippen molar-refractivity contribution in [3.63, 3.8) is 0 Å². The second-order valence-electron chi connectivity index (χ2n) is 4.97. The standard InChI is InChI=1S/C11H18N2O2S2/c1-11(3-2-4-11)8-13-17(14,15)10-5-9(6-12)7-16-10/h5,7,13H,2-4,6,8,12H2,1H3. The van der Waals surface area contributed by atoms with Crippen molar-refractivity contribution in [3.8, 4) is 0 Å². The van der Waals surface area contributed by atoms with Crippen molar-refractivity contribution >= 4 is 21.4 Å². The van der Waals surface area contributed by atoms with E-state index in [0.717, 1.165) is 18.4 Å². The van der Waals surface area contributed by atoms with Gasteiger partial charge in [0.05, 0.1) is 0 Å². The highest BCUT2D eigenvalue weighted by Gasteiger charge is 2.33. The zero-order valence-electron chi connectivity index (χ0n) is 9.90. The third kappa shape index (κ3) is 2.88. The van der Waals surface area contributed by atoms with Crippen molar-refractivity contribution in [1.82, 2.24) is 4.72 Å². The molecule has 0 radical (unpaired) electrons. The van der Waals surface area contributed by atoms with Gasteiger partial charge in [-0.1, -0.05) is 13.3 Å². The van der Waals surface area contributed by atoms with E-state index in [2.05, 4.69) is 11.6 Å². The number of nitrogens with one attached hydrogen (secondary N) is 1. The third-order valence-electron chi connectivity index (χ3n) is 3.38. The second-order valence-corrected chi connectivity index (χ2v) is 7.87. The molecule has 4 nitrogen and oxygen atoms in total. The minimum absolute atomic E-state index is 0.154. The minimum Gasteiger partial charge on any atom is -0.326 e. The number of hydrogen-bond donors (Lipinski definition) is 2. The van der Waals surface area contributed by atoms with Crippen molar-refractivity contribution < 1.29 is 8.42 Å². The van der Waals surface area contributed by atoms with Crippen LogP contribution in [0, 0.1) is 5.41 Å². The average Bonchev–Trinajstić information content (AvgIpc) is 2.73. The van der Waals surface area contributed by atoms with Crippen LogP contribution in [0.1, 0.15) is 31.7 Å². The Morgan fingerprint density at radius 1 is 1.53 bits per heavy atom. The van der Waals surface area contributed by atoms with E-state index in [1.54, 1.807) is 11.4 Å². The van der Waals surface area contributed by atoms with Crippen LogP contribution in [0.5, 0.6) is 0 Å². The molecule has 0 bridgehead atoms. The van der Waals surface area contributed by atoms with Crippen LogP contribution in [0.25, 0.3) is 0 Å². The van der Waals surface area contributed by atoms with E-state index in [9.17, 15) is 8.42 Å². The molecule has 1 aliphatic rings. The Bertz CT molecular complexity index is 489. The summed E-state index contributed by atoms with van der Waals surface area (Å²) in [5.41, 5.74) is 6.49. The van der Waals surface area contributed by atoms with Crippen LogP contribution in [-0.2, 0) is 16.6 Å². The van der Waals surface area contributed by atoms with Crippen LogP contribution in [-0.4, -0.2) is 15.0 Å². The van der Waals surface area contributed by atoms with Gasteiger partial charge in [0.2, 0.25) is 10.0 Å². The first kappa shape index (κ1) is 13.0. The highest BCUT2D eigenvalue weighted by atomic mass is 32.2. The molecule has 0 aromatic carbocycles. The highest BCUT2D eigenvalue weighted by molar-refractivity contribution is 7.91. The van der Waals surface area contributed by atoms with E-state index < -0.39 is 10.0 Å². The quantitative estimate of drug-likeness (QED) is 0.858. The van der Waals surface area contributed by atoms with Gasteiger partial charge in [0, 0.05) is 13.1 Å². The van der Waals surface area contributed by atoms with E-state index in [0.29, 0.717) is 17.3 Å². The van der Waals surface area contributed by atoms with Crippen LogP contribution in [0.3, 0.4) is 0 Å². The fraction of sp³-hybridized carbons (Fsp3) is 0.636. The Morgan fingerprint density at radius 2 is 2.24 bits per heavy atom. The number of nitrogens with two attached hydrogens (primary N) is 1. The Balaban J connectivity index is 2.03. The fourth-order valence-corrected chi connectivity index (χ4v) is 4.36. The summed E-state index contributed by atoms with van der Waals surface area (Å²) in [4.78, 5) is 0. The van der Waals surface area contributed by atoms with Crippen molar-refractivity contribution in [1.29, 1.82) is 0 Å². The second kappa shape index (κ2) is 4.68. The highest BCUT2D eigenvalue weighted by Crippen LogP contribution is 2.39. The smallest absolute Gasteiger partial charge is 0.250 e. The molecule has 0 atom stereocenters. The van der Waals surface area contributed by atoms with Crippen LogP contribution >= 0.6 is 11.3 Å². The Hall–Kier alpha value is -0.430. The van der Waals surface area contributed by atoms with Crippen LogP contribution in [0.4, 0.5) is 0 Å². The molecule has 1 aromatic rings. The number of sulfonamides is 1. The zero-order chi connectivity index (χ0) is 12.5. The molecule has 0 amide bonds. The maximum atomic E-state index is 12.0. The van der Waals surface area contributed by atoms with E-state index in [1.165, 1.54) is 17.8 Å². The molecule has 1 saturated carbocycles. The van der Waals surface area contributed by atoms with Gasteiger partial charge >= 0.3 is 0 Å². The molecule has 3 N–H and O–H groups in total. The molecule has 0 unspecified atom stereocenters. The summed E-state index contributed by atoms with van der Waals surface area (Å²) in [6.07, 6.45) is 3.41. The maximum Gasteiger partial charge on any atom is 0.250 e. The van der Waals surface area contributed by atoms with E-state index >= 15 is 0 Å². The van der Waals surface area contributed by atoms with Gasteiger partial charge in [-0.3, -0.25) is 0 Å². The van der Waals surface area contributed by atoms with Gasteiger partial charge in [0.25, 0.3) is 0 Å². The summed E-state index contributed by atoms with van der Waals surface area (Å²) < 4.78 is 27.1. The van der Waals surface area contributed by atoms with Crippen molar-refractivity contribution in [3.05, 3.63) is 17.0 Å². The molecule has 1 fully saturated rings. The van der Waals surface area contributed by atoms with Gasteiger partial charge in [-0.2, -0.15) is 0 Å². The summed E-state index contributed by atoms with van der Waals surface area (Å²) in [6, 6.07) is 1.65. The van der Waals surface area contributed by atoms with E-state index in [-0.39, 0.29) is 5.41 Å². The van der Waals surface area contributed by atoms with Crippen molar-refractivity contribution in [2.24, 2.45) is 11.1 Å². The summed E-state index contributed by atoms with van der Waals surface area (Å²) in [5.74, 6) is 0. The van der Waals surface area contributed by atoms with Gasteiger partial charge in [-0.25, -0.2) is 13.1 Å². The first-order chi connectivity index (χ1) is 7.95.